The van der Waals surface area contributed by atoms with Crippen LogP contribution in [0.3, 0.4) is 0 Å². The zero-order valence-electron chi connectivity index (χ0n) is 23.1. The van der Waals surface area contributed by atoms with Crippen molar-refractivity contribution in [1.29, 1.82) is 0 Å². The van der Waals surface area contributed by atoms with Crippen LogP contribution in [0.1, 0.15) is 57.1 Å². The third-order valence-electron chi connectivity index (χ3n) is 6.92. The summed E-state index contributed by atoms with van der Waals surface area (Å²) in [5, 5.41) is 15.7. The van der Waals surface area contributed by atoms with E-state index in [1.54, 1.807) is 0 Å². The number of rotatable bonds is 8. The second kappa shape index (κ2) is 15.2. The van der Waals surface area contributed by atoms with Crippen molar-refractivity contribution in [3.05, 3.63) is 83.9 Å². The van der Waals surface area contributed by atoms with Crippen molar-refractivity contribution in [2.75, 3.05) is 13.2 Å². The van der Waals surface area contributed by atoms with Gasteiger partial charge in [-0.2, -0.15) is 0 Å². The first-order valence-corrected chi connectivity index (χ1v) is 13.9. The first-order chi connectivity index (χ1) is 18.8. The van der Waals surface area contributed by atoms with Crippen molar-refractivity contribution >= 4 is 17.8 Å². The number of carbonyl (C=O) groups excluding carboxylic acids is 3. The first-order valence-electron chi connectivity index (χ1n) is 13.9. The van der Waals surface area contributed by atoms with Crippen LogP contribution >= 0.6 is 0 Å². The Hall–Kier alpha value is -3.45. The molecule has 1 aliphatic rings. The maximum atomic E-state index is 13.3. The fourth-order valence-electron chi connectivity index (χ4n) is 4.76. The van der Waals surface area contributed by atoms with Gasteiger partial charge in [0.25, 0.3) is 0 Å². The summed E-state index contributed by atoms with van der Waals surface area (Å²) < 4.78 is 5.70. The van der Waals surface area contributed by atoms with Crippen LogP contribution < -0.4 is 10.6 Å². The number of hydrogen-bond donors (Lipinski definition) is 3. The molecule has 2 aromatic carbocycles. The lowest BCUT2D eigenvalue weighted by atomic mass is 9.93. The van der Waals surface area contributed by atoms with Crippen molar-refractivity contribution in [1.82, 2.24) is 10.6 Å². The molecule has 210 valence electrons. The van der Waals surface area contributed by atoms with Crippen molar-refractivity contribution in [3.63, 3.8) is 0 Å². The maximum absolute atomic E-state index is 13.3. The van der Waals surface area contributed by atoms with E-state index in [2.05, 4.69) is 10.6 Å². The van der Waals surface area contributed by atoms with Crippen molar-refractivity contribution in [3.8, 4) is 0 Å². The van der Waals surface area contributed by atoms with E-state index >= 15 is 0 Å². The van der Waals surface area contributed by atoms with Gasteiger partial charge >= 0.3 is 5.97 Å². The van der Waals surface area contributed by atoms with E-state index in [1.165, 1.54) is 0 Å². The molecule has 3 unspecified atom stereocenters. The van der Waals surface area contributed by atoms with Crippen LogP contribution in [0.5, 0.6) is 0 Å². The summed E-state index contributed by atoms with van der Waals surface area (Å²) in [6, 6.07) is 19.1. The molecule has 1 heterocycles. The molecular weight excluding hydrogens is 492 g/mol. The number of esters is 1. The number of cyclic esters (lactones) is 1. The normalized spacial score (nSPS) is 21.2. The van der Waals surface area contributed by atoms with Crippen LogP contribution in [-0.2, 0) is 32.0 Å². The highest BCUT2D eigenvalue weighted by atomic mass is 16.5. The molecule has 0 spiro atoms. The van der Waals surface area contributed by atoms with Gasteiger partial charge in [0.05, 0.1) is 30.0 Å². The van der Waals surface area contributed by atoms with Gasteiger partial charge in [-0.3, -0.25) is 14.4 Å². The van der Waals surface area contributed by atoms with E-state index in [-0.39, 0.29) is 43.3 Å². The first kappa shape index (κ1) is 30.1. The minimum atomic E-state index is -0.798. The Morgan fingerprint density at radius 1 is 1.03 bits per heavy atom. The van der Waals surface area contributed by atoms with E-state index < -0.39 is 17.5 Å². The molecule has 3 rings (SSSR count). The third kappa shape index (κ3) is 10.7. The number of benzene rings is 2. The van der Waals surface area contributed by atoms with Crippen LogP contribution in [-0.4, -0.2) is 47.7 Å². The smallest absolute Gasteiger partial charge is 0.309 e. The van der Waals surface area contributed by atoms with Crippen molar-refractivity contribution in [2.45, 2.75) is 70.4 Å². The molecule has 0 aliphatic carbocycles. The minimum Gasteiger partial charge on any atom is -0.463 e. The third-order valence-corrected chi connectivity index (χ3v) is 6.92. The summed E-state index contributed by atoms with van der Waals surface area (Å²) in [5.74, 6) is -1.64. The Morgan fingerprint density at radius 3 is 2.36 bits per heavy atom. The number of ether oxygens (including phenoxy) is 1. The second-order valence-corrected chi connectivity index (χ2v) is 11.0. The lowest BCUT2D eigenvalue weighted by Gasteiger charge is -2.29. The zero-order valence-corrected chi connectivity index (χ0v) is 23.1. The van der Waals surface area contributed by atoms with Gasteiger partial charge in [0.1, 0.15) is 6.61 Å². The number of aliphatic hydroxyl groups excluding tert-OH is 1. The lowest BCUT2D eigenvalue weighted by Crippen LogP contribution is -2.50. The molecule has 1 aliphatic heterocycles. The van der Waals surface area contributed by atoms with Crippen LogP contribution in [0, 0.1) is 11.8 Å². The quantitative estimate of drug-likeness (QED) is 0.349. The molecule has 0 aromatic heterocycles. The Labute approximate surface area is 232 Å². The van der Waals surface area contributed by atoms with Gasteiger partial charge in [-0.15, -0.1) is 0 Å². The van der Waals surface area contributed by atoms with Crippen LogP contribution in [0.15, 0.2) is 72.8 Å². The Balaban J connectivity index is 1.64. The molecule has 0 radical (unpaired) electrons. The summed E-state index contributed by atoms with van der Waals surface area (Å²) in [4.78, 5) is 39.1. The minimum absolute atomic E-state index is 0.00349. The molecule has 0 fully saturated rings. The second-order valence-electron chi connectivity index (χ2n) is 11.0. The molecule has 3 N–H and O–H groups in total. The zero-order chi connectivity index (χ0) is 28.1. The van der Waals surface area contributed by atoms with Gasteiger partial charge in [0.2, 0.25) is 11.8 Å². The molecule has 2 amide bonds. The molecule has 7 nitrogen and oxygen atoms in total. The predicted molar refractivity (Wildman–Crippen MR) is 152 cm³/mol. The number of hydrogen-bond acceptors (Lipinski definition) is 5. The number of amides is 2. The molecule has 3 atom stereocenters. The Morgan fingerprint density at radius 2 is 1.69 bits per heavy atom. The number of aliphatic hydroxyl groups is 1. The fraction of sp³-hybridized carbons (Fsp3) is 0.469. The van der Waals surface area contributed by atoms with Crippen molar-refractivity contribution < 1.29 is 24.2 Å². The molecule has 0 saturated heterocycles. The Kier molecular flexibility index (Phi) is 11.7. The maximum Gasteiger partial charge on any atom is 0.309 e. The fourth-order valence-corrected chi connectivity index (χ4v) is 4.76. The van der Waals surface area contributed by atoms with Gasteiger partial charge in [0, 0.05) is 6.42 Å². The van der Waals surface area contributed by atoms with Gasteiger partial charge in [-0.05, 0) is 63.5 Å². The van der Waals surface area contributed by atoms with E-state index in [0.29, 0.717) is 25.7 Å². The highest BCUT2D eigenvalue weighted by Gasteiger charge is 2.30. The number of nitrogens with one attached hydrogen (secondary N) is 2. The summed E-state index contributed by atoms with van der Waals surface area (Å²) in [6.45, 7) is 3.47. The molecule has 0 saturated carbocycles. The monoisotopic (exact) mass is 534 g/mol. The predicted octanol–water partition coefficient (Wildman–Crippen LogP) is 4.14. The van der Waals surface area contributed by atoms with Gasteiger partial charge in [-0.1, -0.05) is 72.8 Å². The molecule has 7 heteroatoms. The van der Waals surface area contributed by atoms with Gasteiger partial charge in [-0.25, -0.2) is 0 Å². The van der Waals surface area contributed by atoms with E-state index in [0.717, 1.165) is 24.0 Å². The molecular formula is C32H42N2O5. The summed E-state index contributed by atoms with van der Waals surface area (Å²) in [7, 11) is 0. The van der Waals surface area contributed by atoms with E-state index in [1.807, 2.05) is 86.7 Å². The average Bonchev–Trinajstić information content (AvgIpc) is 2.92. The highest BCUT2D eigenvalue weighted by Crippen LogP contribution is 2.20. The SMILES string of the molecule is CC1(C)COC(=O)C(Cc2ccccc2)CCCC=CCC(CC(=O)NC(CO)Cc2ccccc2)C(=O)N1. The molecule has 2 aromatic rings. The van der Waals surface area contributed by atoms with Crippen molar-refractivity contribution in [2.24, 2.45) is 11.8 Å². The highest BCUT2D eigenvalue weighted by molar-refractivity contribution is 5.86. The number of carbonyl (C=O) groups is 3. The average molecular weight is 535 g/mol. The Bertz CT molecular complexity index is 1080. The topological polar surface area (TPSA) is 105 Å². The largest absolute Gasteiger partial charge is 0.463 e. The van der Waals surface area contributed by atoms with Crippen LogP contribution in [0.25, 0.3) is 0 Å². The van der Waals surface area contributed by atoms with Gasteiger partial charge < -0.3 is 20.5 Å². The lowest BCUT2D eigenvalue weighted by molar-refractivity contribution is -0.151. The standard InChI is InChI=1S/C32H42N2O5/c1-32(2)23-39-31(38)27(19-24-13-7-5-8-14-24)18-12-4-3-11-17-26(30(37)34-32)21-29(36)33-28(22-35)20-25-15-9-6-10-16-25/h3,5-11,13-16,26-28,35H,4,12,17-23H2,1-2H3,(H,33,36)(H,34,37). The van der Waals surface area contributed by atoms with E-state index in [4.69, 9.17) is 4.74 Å². The summed E-state index contributed by atoms with van der Waals surface area (Å²) >= 11 is 0. The van der Waals surface area contributed by atoms with Crippen LogP contribution in [0.2, 0.25) is 0 Å². The molecule has 0 bridgehead atoms. The van der Waals surface area contributed by atoms with E-state index in [9.17, 15) is 19.5 Å². The summed E-state index contributed by atoms with van der Waals surface area (Å²) in [5.41, 5.74) is 1.31. The number of allylic oxidation sites excluding steroid dienone is 2. The van der Waals surface area contributed by atoms with Gasteiger partial charge in [0.15, 0.2) is 0 Å². The van der Waals surface area contributed by atoms with Crippen LogP contribution in [0.4, 0.5) is 0 Å². The molecule has 39 heavy (non-hydrogen) atoms. The summed E-state index contributed by atoms with van der Waals surface area (Å²) in [6.07, 6.45) is 7.81.